The Morgan fingerprint density at radius 3 is 2.73 bits per heavy atom. The first kappa shape index (κ1) is 17.0. The van der Waals surface area contributed by atoms with Crippen molar-refractivity contribution >= 4 is 27.8 Å². The van der Waals surface area contributed by atoms with E-state index >= 15 is 0 Å². The first-order valence-electron chi connectivity index (χ1n) is 7.20. The second-order valence-corrected chi connectivity index (χ2v) is 6.96. The summed E-state index contributed by atoms with van der Waals surface area (Å²) in [4.78, 5) is 25.9. The van der Waals surface area contributed by atoms with Crippen LogP contribution in [0, 0.1) is 5.41 Å². The van der Waals surface area contributed by atoms with Crippen LogP contribution in [-0.4, -0.2) is 53.3 Å². The third-order valence-corrected chi connectivity index (χ3v) is 4.54. The van der Waals surface area contributed by atoms with Crippen molar-refractivity contribution in [2.75, 3.05) is 26.8 Å². The molecule has 1 saturated heterocycles. The maximum atomic E-state index is 12.8. The number of methoxy groups -OCH3 is 1. The van der Waals surface area contributed by atoms with Crippen LogP contribution in [0.15, 0.2) is 16.7 Å². The minimum Gasteiger partial charge on any atom is -0.481 e. The van der Waals surface area contributed by atoms with E-state index in [4.69, 9.17) is 4.74 Å². The van der Waals surface area contributed by atoms with Gasteiger partial charge in [-0.25, -0.2) is 0 Å². The Kier molecular flexibility index (Phi) is 4.97. The van der Waals surface area contributed by atoms with Crippen molar-refractivity contribution in [2.45, 2.75) is 26.3 Å². The molecular formula is C15H21BrN2O4. The molecule has 0 bridgehead atoms. The van der Waals surface area contributed by atoms with E-state index in [1.807, 2.05) is 24.6 Å². The summed E-state index contributed by atoms with van der Waals surface area (Å²) in [7, 11) is 1.48. The predicted molar refractivity (Wildman–Crippen MR) is 85.0 cm³/mol. The van der Waals surface area contributed by atoms with Gasteiger partial charge in [0, 0.05) is 36.9 Å². The molecule has 6 nitrogen and oxygen atoms in total. The van der Waals surface area contributed by atoms with Crippen molar-refractivity contribution in [3.8, 4) is 0 Å². The Bertz CT molecular complexity index is 584. The zero-order chi connectivity index (χ0) is 16.5. The Hall–Kier alpha value is -1.34. The van der Waals surface area contributed by atoms with E-state index in [-0.39, 0.29) is 25.1 Å². The first-order valence-corrected chi connectivity index (χ1v) is 7.99. The van der Waals surface area contributed by atoms with Crippen molar-refractivity contribution in [3.63, 3.8) is 0 Å². The van der Waals surface area contributed by atoms with E-state index in [1.165, 1.54) is 7.11 Å². The molecule has 1 amide bonds. The van der Waals surface area contributed by atoms with Crippen LogP contribution in [0.25, 0.3) is 0 Å². The maximum absolute atomic E-state index is 12.8. The van der Waals surface area contributed by atoms with Crippen LogP contribution in [0.3, 0.4) is 0 Å². The second-order valence-electron chi connectivity index (χ2n) is 6.04. The number of hydrogen-bond acceptors (Lipinski definition) is 3. The third-order valence-electron chi connectivity index (χ3n) is 4.11. The number of rotatable bonds is 5. The van der Waals surface area contributed by atoms with Crippen molar-refractivity contribution < 1.29 is 19.4 Å². The highest BCUT2D eigenvalue weighted by atomic mass is 79.9. The van der Waals surface area contributed by atoms with Gasteiger partial charge in [-0.05, 0) is 42.3 Å². The molecule has 0 aliphatic carbocycles. The predicted octanol–water partition coefficient (Wildman–Crippen LogP) is 2.39. The highest BCUT2D eigenvalue weighted by molar-refractivity contribution is 9.10. The summed E-state index contributed by atoms with van der Waals surface area (Å²) in [5.41, 5.74) is -0.433. The lowest BCUT2D eigenvalue weighted by molar-refractivity contribution is -0.151. The molecule has 0 aromatic carbocycles. The number of ether oxygens (including phenoxy) is 1. The quantitative estimate of drug-likeness (QED) is 0.861. The molecule has 0 spiro atoms. The molecule has 0 radical (unpaired) electrons. The number of carbonyl (C=O) groups is 2. The van der Waals surface area contributed by atoms with Crippen LogP contribution in [0.4, 0.5) is 0 Å². The van der Waals surface area contributed by atoms with Crippen LogP contribution in [0.1, 0.15) is 36.8 Å². The van der Waals surface area contributed by atoms with E-state index in [1.54, 1.807) is 11.0 Å². The summed E-state index contributed by atoms with van der Waals surface area (Å²) in [6, 6.07) is 1.93. The van der Waals surface area contributed by atoms with Gasteiger partial charge in [0.25, 0.3) is 5.91 Å². The van der Waals surface area contributed by atoms with Crippen molar-refractivity contribution in [2.24, 2.45) is 5.41 Å². The molecule has 1 N–H and O–H groups in total. The molecule has 2 rings (SSSR count). The van der Waals surface area contributed by atoms with Crippen molar-refractivity contribution in [1.82, 2.24) is 9.47 Å². The number of carboxylic acid groups (broad SMARTS) is 1. The number of halogens is 1. The Morgan fingerprint density at radius 2 is 2.18 bits per heavy atom. The lowest BCUT2D eigenvalue weighted by Gasteiger charge is -2.24. The van der Waals surface area contributed by atoms with Gasteiger partial charge in [-0.1, -0.05) is 0 Å². The average molecular weight is 373 g/mol. The first-order chi connectivity index (χ1) is 10.3. The molecule has 1 aromatic rings. The molecule has 122 valence electrons. The average Bonchev–Trinajstić information content (AvgIpc) is 3.03. The van der Waals surface area contributed by atoms with Crippen LogP contribution in [-0.2, 0) is 9.53 Å². The molecule has 1 aliphatic rings. The van der Waals surface area contributed by atoms with Gasteiger partial charge >= 0.3 is 5.97 Å². The van der Waals surface area contributed by atoms with Gasteiger partial charge in [0.15, 0.2) is 0 Å². The number of amides is 1. The largest absolute Gasteiger partial charge is 0.481 e. The van der Waals surface area contributed by atoms with E-state index in [0.29, 0.717) is 18.7 Å². The fraction of sp³-hybridized carbons (Fsp3) is 0.600. The molecule has 1 unspecified atom stereocenters. The third kappa shape index (κ3) is 3.05. The minimum absolute atomic E-state index is 0.112. The van der Waals surface area contributed by atoms with Gasteiger partial charge in [-0.3, -0.25) is 9.59 Å². The van der Waals surface area contributed by atoms with Gasteiger partial charge in [-0.2, -0.15) is 0 Å². The summed E-state index contributed by atoms with van der Waals surface area (Å²) in [6.07, 6.45) is 2.28. The molecule has 0 saturated carbocycles. The molecule has 7 heteroatoms. The van der Waals surface area contributed by atoms with Gasteiger partial charge in [-0.15, -0.1) is 0 Å². The molecule has 1 fully saturated rings. The fourth-order valence-electron chi connectivity index (χ4n) is 2.88. The normalized spacial score (nSPS) is 21.6. The standard InChI is InChI=1S/C15H21BrN2O4/c1-10(2)18-7-11(16)6-12(18)13(19)17-5-4-15(8-17,9-22-3)14(20)21/h6-7,10H,4-5,8-9H2,1-3H3,(H,20,21). The second kappa shape index (κ2) is 6.42. The highest BCUT2D eigenvalue weighted by Gasteiger charge is 2.46. The van der Waals surface area contributed by atoms with Gasteiger partial charge in [0.2, 0.25) is 0 Å². The summed E-state index contributed by atoms with van der Waals surface area (Å²) >= 11 is 3.39. The van der Waals surface area contributed by atoms with Crippen molar-refractivity contribution in [1.29, 1.82) is 0 Å². The summed E-state index contributed by atoms with van der Waals surface area (Å²) < 4.78 is 7.79. The summed E-state index contributed by atoms with van der Waals surface area (Å²) in [6.45, 7) is 4.71. The summed E-state index contributed by atoms with van der Waals surface area (Å²) in [5.74, 6) is -1.05. The lowest BCUT2D eigenvalue weighted by atomic mass is 9.88. The molecular weight excluding hydrogens is 352 g/mol. The van der Waals surface area contributed by atoms with Crippen LogP contribution in [0.2, 0.25) is 0 Å². The number of aromatic nitrogens is 1. The smallest absolute Gasteiger partial charge is 0.313 e. The highest BCUT2D eigenvalue weighted by Crippen LogP contribution is 2.33. The van der Waals surface area contributed by atoms with Crippen LogP contribution < -0.4 is 0 Å². The monoisotopic (exact) mass is 372 g/mol. The zero-order valence-corrected chi connectivity index (χ0v) is 14.6. The minimum atomic E-state index is -1.00. The Morgan fingerprint density at radius 1 is 1.50 bits per heavy atom. The van der Waals surface area contributed by atoms with E-state index in [9.17, 15) is 14.7 Å². The SMILES string of the molecule is COCC1(C(=O)O)CCN(C(=O)c2cc(Br)cn2C(C)C)C1. The number of carboxylic acids is 1. The van der Waals surface area contributed by atoms with Gasteiger partial charge in [0.05, 0.1) is 6.61 Å². The molecule has 2 heterocycles. The lowest BCUT2D eigenvalue weighted by Crippen LogP contribution is -2.40. The van der Waals surface area contributed by atoms with Gasteiger partial charge < -0.3 is 19.3 Å². The van der Waals surface area contributed by atoms with Crippen molar-refractivity contribution in [3.05, 3.63) is 22.4 Å². The number of hydrogen-bond donors (Lipinski definition) is 1. The van der Waals surface area contributed by atoms with Gasteiger partial charge in [0.1, 0.15) is 11.1 Å². The van der Waals surface area contributed by atoms with E-state index in [0.717, 1.165) is 4.47 Å². The number of likely N-dealkylation sites (tertiary alicyclic amines) is 1. The zero-order valence-electron chi connectivity index (χ0n) is 13.0. The maximum Gasteiger partial charge on any atom is 0.313 e. The topological polar surface area (TPSA) is 71.8 Å². The van der Waals surface area contributed by atoms with E-state index < -0.39 is 11.4 Å². The number of aliphatic carboxylic acids is 1. The van der Waals surface area contributed by atoms with E-state index in [2.05, 4.69) is 15.9 Å². The summed E-state index contributed by atoms with van der Waals surface area (Å²) in [5, 5.41) is 9.48. The number of carbonyl (C=O) groups excluding carboxylic acids is 1. The number of nitrogens with zero attached hydrogens (tertiary/aromatic N) is 2. The molecule has 22 heavy (non-hydrogen) atoms. The molecule has 1 aromatic heterocycles. The van der Waals surface area contributed by atoms with Crippen LogP contribution >= 0.6 is 15.9 Å². The fourth-order valence-corrected chi connectivity index (χ4v) is 3.32. The Balaban J connectivity index is 2.23. The molecule has 1 aliphatic heterocycles. The molecule has 1 atom stereocenters. The Labute approximate surface area is 138 Å². The van der Waals surface area contributed by atoms with Crippen LogP contribution in [0.5, 0.6) is 0 Å².